The molecule has 2 aliphatic carbocycles. The maximum atomic E-state index is 13.2. The lowest BCUT2D eigenvalue weighted by molar-refractivity contribution is -0.143. The van der Waals surface area contributed by atoms with Gasteiger partial charge in [0.1, 0.15) is 5.82 Å². The third-order valence-corrected chi connectivity index (χ3v) is 8.87. The number of nitrogens with one attached hydrogen (secondary N) is 3. The minimum Gasteiger partial charge on any atom is -0.367 e. The zero-order chi connectivity index (χ0) is 29.4. The molecule has 0 bridgehead atoms. The lowest BCUT2D eigenvalue weighted by Crippen LogP contribution is -2.32. The molecule has 3 aromatic rings. The average Bonchev–Trinajstić information content (AvgIpc) is 3.74. The largest absolute Gasteiger partial charge is 0.416 e. The third-order valence-electron chi connectivity index (χ3n) is 7.47. The standard InChI is InChI=1S/C27H29F6N5O2S/c28-26(29,30)18-11-19(27(31,32)33)13-21(12-18)41(39,40)35-15-17-7-5-16(6-8-17)14-34-25-37-23-4-2-1-3-22(23)24(38-25)36-20-9-10-20/h1-4,11-13,16-17,20,35H,5-10,14-15H2,(H2,34,36,37,38). The Balaban J connectivity index is 1.16. The van der Waals surface area contributed by atoms with Gasteiger partial charge < -0.3 is 10.6 Å². The van der Waals surface area contributed by atoms with E-state index in [9.17, 15) is 34.8 Å². The molecule has 0 saturated heterocycles. The summed E-state index contributed by atoms with van der Waals surface area (Å²) in [7, 11) is -4.60. The minimum absolute atomic E-state index is 0.0793. The maximum absolute atomic E-state index is 13.2. The number of para-hydroxylation sites is 1. The SMILES string of the molecule is O=S(=O)(NCC1CCC(CNc2nc(NC3CC3)c3ccccc3n2)CC1)c1cc(C(F)(F)F)cc(C(F)(F)F)c1. The molecule has 3 N–H and O–H groups in total. The molecular formula is C27H29F6N5O2S. The van der Waals surface area contributed by atoms with Crippen molar-refractivity contribution in [2.75, 3.05) is 23.7 Å². The number of hydrogen-bond donors (Lipinski definition) is 3. The Labute approximate surface area is 233 Å². The summed E-state index contributed by atoms with van der Waals surface area (Å²) in [6.45, 7) is 0.536. The monoisotopic (exact) mass is 601 g/mol. The van der Waals surface area contributed by atoms with Gasteiger partial charge in [-0.05, 0) is 80.7 Å². The van der Waals surface area contributed by atoms with Crippen LogP contribution in [-0.2, 0) is 22.4 Å². The number of alkyl halides is 6. The topological polar surface area (TPSA) is 96.0 Å². The molecule has 222 valence electrons. The van der Waals surface area contributed by atoms with Crippen LogP contribution in [0.3, 0.4) is 0 Å². The van der Waals surface area contributed by atoms with Gasteiger partial charge in [0.05, 0.1) is 21.5 Å². The van der Waals surface area contributed by atoms with Crippen molar-refractivity contribution >= 4 is 32.7 Å². The van der Waals surface area contributed by atoms with Gasteiger partial charge in [-0.25, -0.2) is 18.1 Å². The van der Waals surface area contributed by atoms with Crippen LogP contribution >= 0.6 is 0 Å². The fraction of sp³-hybridized carbons (Fsp3) is 0.481. The summed E-state index contributed by atoms with van der Waals surface area (Å²) < 4.78 is 106. The number of fused-ring (bicyclic) bond motifs is 1. The van der Waals surface area contributed by atoms with Crippen molar-refractivity contribution in [2.24, 2.45) is 11.8 Å². The molecular weight excluding hydrogens is 572 g/mol. The molecule has 0 amide bonds. The van der Waals surface area contributed by atoms with Crippen LogP contribution in [0.2, 0.25) is 0 Å². The highest BCUT2D eigenvalue weighted by Gasteiger charge is 2.38. The smallest absolute Gasteiger partial charge is 0.367 e. The van der Waals surface area contributed by atoms with Gasteiger partial charge in [0, 0.05) is 24.5 Å². The quantitative estimate of drug-likeness (QED) is 0.245. The molecule has 1 heterocycles. The molecule has 0 aliphatic heterocycles. The van der Waals surface area contributed by atoms with Crippen molar-refractivity contribution in [3.05, 3.63) is 53.6 Å². The van der Waals surface area contributed by atoms with Crippen molar-refractivity contribution in [2.45, 2.75) is 61.8 Å². The summed E-state index contributed by atoms with van der Waals surface area (Å²) in [6.07, 6.45) is -5.22. The van der Waals surface area contributed by atoms with Gasteiger partial charge in [-0.1, -0.05) is 12.1 Å². The molecule has 1 aromatic heterocycles. The van der Waals surface area contributed by atoms with E-state index in [1.54, 1.807) is 0 Å². The summed E-state index contributed by atoms with van der Waals surface area (Å²) in [5.74, 6) is 1.48. The van der Waals surface area contributed by atoms with Crippen LogP contribution in [-0.4, -0.2) is 37.5 Å². The van der Waals surface area contributed by atoms with Gasteiger partial charge in [-0.15, -0.1) is 0 Å². The first-order valence-electron chi connectivity index (χ1n) is 13.3. The Morgan fingerprint density at radius 2 is 1.37 bits per heavy atom. The normalized spacial score (nSPS) is 20.2. The first-order valence-corrected chi connectivity index (χ1v) is 14.8. The molecule has 0 spiro atoms. The van der Waals surface area contributed by atoms with E-state index in [0.717, 1.165) is 42.4 Å². The van der Waals surface area contributed by atoms with Crippen molar-refractivity contribution in [1.29, 1.82) is 0 Å². The number of rotatable bonds is 9. The summed E-state index contributed by atoms with van der Waals surface area (Å²) >= 11 is 0. The molecule has 0 radical (unpaired) electrons. The fourth-order valence-corrected chi connectivity index (χ4v) is 6.14. The number of sulfonamides is 1. The van der Waals surface area contributed by atoms with Gasteiger partial charge in [0.2, 0.25) is 16.0 Å². The van der Waals surface area contributed by atoms with E-state index in [0.29, 0.717) is 31.4 Å². The van der Waals surface area contributed by atoms with Gasteiger partial charge in [-0.2, -0.15) is 31.3 Å². The predicted molar refractivity (Wildman–Crippen MR) is 142 cm³/mol. The van der Waals surface area contributed by atoms with E-state index >= 15 is 0 Å². The number of nitrogens with zero attached hydrogens (tertiary/aromatic N) is 2. The van der Waals surface area contributed by atoms with E-state index in [-0.39, 0.29) is 36.6 Å². The molecule has 41 heavy (non-hydrogen) atoms. The van der Waals surface area contributed by atoms with E-state index in [1.165, 1.54) is 0 Å². The van der Waals surface area contributed by atoms with Crippen LogP contribution in [0.1, 0.15) is 49.7 Å². The van der Waals surface area contributed by atoms with E-state index in [2.05, 4.69) is 25.3 Å². The van der Waals surface area contributed by atoms with Gasteiger partial charge in [-0.3, -0.25) is 0 Å². The maximum Gasteiger partial charge on any atom is 0.416 e. The molecule has 14 heteroatoms. The van der Waals surface area contributed by atoms with Crippen molar-refractivity contribution in [1.82, 2.24) is 14.7 Å². The Kier molecular flexibility index (Phi) is 8.07. The Hall–Kier alpha value is -3.13. The molecule has 2 aromatic carbocycles. The zero-order valence-corrected chi connectivity index (χ0v) is 22.6. The Morgan fingerprint density at radius 3 is 1.95 bits per heavy atom. The van der Waals surface area contributed by atoms with Crippen LogP contribution in [0.15, 0.2) is 47.4 Å². The molecule has 2 fully saturated rings. The molecule has 7 nitrogen and oxygen atoms in total. The number of anilines is 2. The summed E-state index contributed by atoms with van der Waals surface area (Å²) in [6, 6.07) is 8.53. The van der Waals surface area contributed by atoms with Gasteiger partial charge in [0.15, 0.2) is 0 Å². The predicted octanol–water partition coefficient (Wildman–Crippen LogP) is 6.44. The average molecular weight is 602 g/mol. The second-order valence-corrected chi connectivity index (χ2v) is 12.5. The van der Waals surface area contributed by atoms with E-state index in [4.69, 9.17) is 0 Å². The fourth-order valence-electron chi connectivity index (χ4n) is 4.95. The number of hydrogen-bond acceptors (Lipinski definition) is 6. The van der Waals surface area contributed by atoms with Crippen LogP contribution in [0.5, 0.6) is 0 Å². The van der Waals surface area contributed by atoms with Crippen molar-refractivity contribution in [3.63, 3.8) is 0 Å². The lowest BCUT2D eigenvalue weighted by atomic mass is 9.82. The highest BCUT2D eigenvalue weighted by molar-refractivity contribution is 7.89. The summed E-state index contributed by atoms with van der Waals surface area (Å²) in [4.78, 5) is 8.20. The first-order chi connectivity index (χ1) is 19.3. The van der Waals surface area contributed by atoms with Crippen LogP contribution in [0.4, 0.5) is 38.1 Å². The van der Waals surface area contributed by atoms with Gasteiger partial charge in [0.25, 0.3) is 0 Å². The van der Waals surface area contributed by atoms with E-state index < -0.39 is 38.4 Å². The minimum atomic E-state index is -5.13. The third kappa shape index (κ3) is 7.39. The molecule has 0 unspecified atom stereocenters. The Morgan fingerprint density at radius 1 is 0.780 bits per heavy atom. The van der Waals surface area contributed by atoms with Gasteiger partial charge >= 0.3 is 12.4 Å². The second kappa shape index (κ2) is 11.3. The van der Waals surface area contributed by atoms with Crippen LogP contribution in [0, 0.1) is 11.8 Å². The van der Waals surface area contributed by atoms with Crippen LogP contribution < -0.4 is 15.4 Å². The summed E-state index contributed by atoms with van der Waals surface area (Å²) in [5, 5.41) is 7.71. The molecule has 5 rings (SSSR count). The zero-order valence-electron chi connectivity index (χ0n) is 21.8. The molecule has 2 aliphatic rings. The number of aromatic nitrogens is 2. The summed E-state index contributed by atoms with van der Waals surface area (Å²) in [5.41, 5.74) is -2.52. The number of halogens is 6. The molecule has 2 saturated carbocycles. The highest BCUT2D eigenvalue weighted by Crippen LogP contribution is 2.37. The van der Waals surface area contributed by atoms with Crippen molar-refractivity contribution in [3.8, 4) is 0 Å². The number of benzene rings is 2. The molecule has 0 atom stereocenters. The first kappa shape index (κ1) is 29.4. The van der Waals surface area contributed by atoms with Crippen molar-refractivity contribution < 1.29 is 34.8 Å². The highest BCUT2D eigenvalue weighted by atomic mass is 32.2. The van der Waals surface area contributed by atoms with E-state index in [1.807, 2.05) is 24.3 Å². The second-order valence-electron chi connectivity index (χ2n) is 10.7. The van der Waals surface area contributed by atoms with Crippen LogP contribution in [0.25, 0.3) is 10.9 Å². The Bertz CT molecular complexity index is 1470. The lowest BCUT2D eigenvalue weighted by Gasteiger charge is -2.28.